The summed E-state index contributed by atoms with van der Waals surface area (Å²) in [5.41, 5.74) is 1.62. The lowest BCUT2D eigenvalue weighted by Crippen LogP contribution is -2.44. The van der Waals surface area contributed by atoms with Gasteiger partial charge in [0.1, 0.15) is 11.4 Å². The minimum atomic E-state index is -0.238. The van der Waals surface area contributed by atoms with E-state index in [9.17, 15) is 4.79 Å². The number of halogens is 2. The highest BCUT2D eigenvalue weighted by atomic mass is 35.5. The number of ether oxygens (including phenoxy) is 1. The van der Waals surface area contributed by atoms with Gasteiger partial charge >= 0.3 is 0 Å². The Bertz CT molecular complexity index is 797. The highest BCUT2D eigenvalue weighted by Gasteiger charge is 2.38. The molecule has 1 amide bonds. The number of rotatable bonds is 6. The molecule has 0 saturated carbocycles. The lowest BCUT2D eigenvalue weighted by Gasteiger charge is -2.41. The van der Waals surface area contributed by atoms with Gasteiger partial charge in [-0.15, -0.1) is 0 Å². The van der Waals surface area contributed by atoms with E-state index in [0.717, 1.165) is 36.1 Å². The second-order valence-electron chi connectivity index (χ2n) is 7.05. The van der Waals surface area contributed by atoms with Crippen molar-refractivity contribution in [3.05, 3.63) is 63.6 Å². The second-order valence-corrected chi connectivity index (χ2v) is 7.87. The van der Waals surface area contributed by atoms with Crippen molar-refractivity contribution in [2.75, 3.05) is 0 Å². The van der Waals surface area contributed by atoms with Gasteiger partial charge in [-0.05, 0) is 43.0 Å². The molecule has 0 aliphatic carbocycles. The average molecular weight is 406 g/mol. The summed E-state index contributed by atoms with van der Waals surface area (Å²) in [5, 5.41) is 4.40. The molecule has 0 fully saturated rings. The van der Waals surface area contributed by atoms with Gasteiger partial charge in [-0.1, -0.05) is 61.3 Å². The molecule has 0 spiro atoms. The number of carbonyl (C=O) groups is 1. The third kappa shape index (κ3) is 4.41. The van der Waals surface area contributed by atoms with Crippen molar-refractivity contribution < 1.29 is 9.53 Å². The molecule has 0 bridgehead atoms. The number of benzene rings is 2. The van der Waals surface area contributed by atoms with Crippen LogP contribution in [0.1, 0.15) is 56.7 Å². The Morgan fingerprint density at radius 1 is 1.11 bits per heavy atom. The zero-order valence-electron chi connectivity index (χ0n) is 15.7. The molecule has 0 aromatic heterocycles. The summed E-state index contributed by atoms with van der Waals surface area (Å²) >= 11 is 12.4. The van der Waals surface area contributed by atoms with Crippen LogP contribution >= 0.6 is 23.2 Å². The van der Waals surface area contributed by atoms with E-state index in [1.807, 2.05) is 30.3 Å². The van der Waals surface area contributed by atoms with Crippen molar-refractivity contribution in [3.8, 4) is 5.75 Å². The summed E-state index contributed by atoms with van der Waals surface area (Å²) in [4.78, 5) is 12.7. The van der Waals surface area contributed by atoms with Crippen molar-refractivity contribution in [1.82, 2.24) is 5.32 Å². The fraction of sp³-hybridized carbons (Fsp3) is 0.409. The predicted molar refractivity (Wildman–Crippen MR) is 111 cm³/mol. The Kier molecular flexibility index (Phi) is 6.33. The van der Waals surface area contributed by atoms with Gasteiger partial charge in [-0.2, -0.15) is 0 Å². The van der Waals surface area contributed by atoms with Crippen LogP contribution in [-0.2, 0) is 11.2 Å². The van der Waals surface area contributed by atoms with Crippen molar-refractivity contribution in [2.24, 2.45) is 0 Å². The van der Waals surface area contributed by atoms with Crippen LogP contribution in [0.15, 0.2) is 42.5 Å². The minimum absolute atomic E-state index is 0.00574. The molecular weight excluding hydrogens is 381 g/mol. The Morgan fingerprint density at radius 3 is 2.44 bits per heavy atom. The summed E-state index contributed by atoms with van der Waals surface area (Å²) in [6.07, 6.45) is 3.44. The first-order valence-corrected chi connectivity index (χ1v) is 10.2. The Morgan fingerprint density at radius 2 is 1.78 bits per heavy atom. The van der Waals surface area contributed by atoms with Crippen molar-refractivity contribution >= 4 is 29.1 Å². The monoisotopic (exact) mass is 405 g/mol. The van der Waals surface area contributed by atoms with Crippen LogP contribution in [0.5, 0.6) is 5.75 Å². The molecule has 2 aromatic carbocycles. The van der Waals surface area contributed by atoms with Crippen LogP contribution in [0.2, 0.25) is 10.0 Å². The van der Waals surface area contributed by atoms with Crippen molar-refractivity contribution in [2.45, 2.75) is 57.6 Å². The van der Waals surface area contributed by atoms with Gasteiger partial charge in [-0.25, -0.2) is 0 Å². The normalized spacial score (nSPS) is 17.7. The Labute approximate surface area is 171 Å². The molecule has 1 aliphatic rings. The van der Waals surface area contributed by atoms with Gasteiger partial charge in [0.2, 0.25) is 5.91 Å². The van der Waals surface area contributed by atoms with E-state index in [1.54, 1.807) is 12.1 Å². The zero-order chi connectivity index (χ0) is 19.4. The van der Waals surface area contributed by atoms with Gasteiger partial charge in [0.05, 0.1) is 6.04 Å². The minimum Gasteiger partial charge on any atom is -0.487 e. The van der Waals surface area contributed by atoms with Crippen molar-refractivity contribution in [3.63, 3.8) is 0 Å². The van der Waals surface area contributed by atoms with E-state index in [2.05, 4.69) is 19.2 Å². The maximum atomic E-state index is 12.7. The quantitative estimate of drug-likeness (QED) is 0.627. The number of hydrogen-bond donors (Lipinski definition) is 1. The van der Waals surface area contributed by atoms with Gasteiger partial charge in [0.15, 0.2) is 0 Å². The van der Waals surface area contributed by atoms with Crippen LogP contribution in [0.4, 0.5) is 0 Å². The van der Waals surface area contributed by atoms with Crippen LogP contribution in [0.3, 0.4) is 0 Å². The summed E-state index contributed by atoms with van der Waals surface area (Å²) in [6, 6.07) is 13.3. The molecule has 1 N–H and O–H groups in total. The largest absolute Gasteiger partial charge is 0.487 e. The fourth-order valence-corrected chi connectivity index (χ4v) is 4.29. The Balaban J connectivity index is 1.73. The summed E-state index contributed by atoms with van der Waals surface area (Å²) in [6.45, 7) is 4.27. The van der Waals surface area contributed by atoms with E-state index in [1.165, 1.54) is 0 Å². The summed E-state index contributed by atoms with van der Waals surface area (Å²) < 4.78 is 6.30. The number of nitrogens with one attached hydrogen (secondary N) is 1. The fourth-order valence-electron chi connectivity index (χ4n) is 3.71. The standard InChI is InChI=1S/C22H25Cl2NO2/c1-3-22(4-2)14-19(16-8-5-6-11-20(16)27-22)25-21(26)13-12-15-17(23)9-7-10-18(15)24/h5-11,19H,3-4,12-14H2,1-2H3,(H,25,26)/t19-/m0/s1. The molecule has 1 aliphatic heterocycles. The van der Waals surface area contributed by atoms with Crippen LogP contribution in [0, 0.1) is 0 Å². The van der Waals surface area contributed by atoms with Crippen LogP contribution in [-0.4, -0.2) is 11.5 Å². The first kappa shape index (κ1) is 20.0. The lowest BCUT2D eigenvalue weighted by atomic mass is 9.83. The van der Waals surface area contributed by atoms with Crippen LogP contribution in [0.25, 0.3) is 0 Å². The van der Waals surface area contributed by atoms with Crippen molar-refractivity contribution in [1.29, 1.82) is 0 Å². The van der Waals surface area contributed by atoms with E-state index in [-0.39, 0.29) is 17.6 Å². The first-order chi connectivity index (χ1) is 13.0. The number of amides is 1. The van der Waals surface area contributed by atoms with E-state index in [0.29, 0.717) is 22.9 Å². The van der Waals surface area contributed by atoms with Crippen LogP contribution < -0.4 is 10.1 Å². The lowest BCUT2D eigenvalue weighted by molar-refractivity contribution is -0.122. The van der Waals surface area contributed by atoms with E-state index >= 15 is 0 Å². The molecule has 3 nitrogen and oxygen atoms in total. The number of para-hydroxylation sites is 1. The van der Waals surface area contributed by atoms with Gasteiger partial charge in [0.25, 0.3) is 0 Å². The molecule has 1 heterocycles. The third-order valence-corrected chi connectivity index (χ3v) is 6.19. The molecule has 2 aromatic rings. The SMILES string of the molecule is CCC1(CC)C[C@H](NC(=O)CCc2c(Cl)cccc2Cl)c2ccccc2O1. The topological polar surface area (TPSA) is 38.3 Å². The number of fused-ring (bicyclic) bond motifs is 1. The first-order valence-electron chi connectivity index (χ1n) is 9.48. The summed E-state index contributed by atoms with van der Waals surface area (Å²) in [7, 11) is 0. The molecule has 0 saturated heterocycles. The molecule has 27 heavy (non-hydrogen) atoms. The maximum absolute atomic E-state index is 12.7. The van der Waals surface area contributed by atoms with E-state index < -0.39 is 0 Å². The number of hydrogen-bond acceptors (Lipinski definition) is 2. The second kappa shape index (κ2) is 8.53. The molecular formula is C22H25Cl2NO2. The maximum Gasteiger partial charge on any atom is 0.220 e. The van der Waals surface area contributed by atoms with Gasteiger partial charge in [0, 0.05) is 28.5 Å². The number of carbonyl (C=O) groups excluding carboxylic acids is 1. The highest BCUT2D eigenvalue weighted by molar-refractivity contribution is 6.36. The smallest absolute Gasteiger partial charge is 0.220 e. The molecule has 1 atom stereocenters. The average Bonchev–Trinajstić information content (AvgIpc) is 2.67. The van der Waals surface area contributed by atoms with Gasteiger partial charge in [-0.3, -0.25) is 4.79 Å². The van der Waals surface area contributed by atoms with E-state index in [4.69, 9.17) is 27.9 Å². The molecule has 144 valence electrons. The molecule has 0 unspecified atom stereocenters. The molecule has 5 heteroatoms. The summed E-state index contributed by atoms with van der Waals surface area (Å²) in [5.74, 6) is 0.862. The van der Waals surface area contributed by atoms with Gasteiger partial charge < -0.3 is 10.1 Å². The highest BCUT2D eigenvalue weighted by Crippen LogP contribution is 2.42. The zero-order valence-corrected chi connectivity index (χ0v) is 17.2. The predicted octanol–water partition coefficient (Wildman–Crippen LogP) is 6.12. The molecule has 3 rings (SSSR count). The molecule has 0 radical (unpaired) electrons. The Hall–Kier alpha value is -1.71. The third-order valence-electron chi connectivity index (χ3n) is 5.48.